The summed E-state index contributed by atoms with van der Waals surface area (Å²) in [6, 6.07) is 14.4. The topological polar surface area (TPSA) is 92.3 Å². The molecule has 1 unspecified atom stereocenters. The molecule has 1 aliphatic rings. The molecule has 3 rings (SSSR count). The van der Waals surface area contributed by atoms with Gasteiger partial charge in [-0.1, -0.05) is 34.1 Å². The minimum atomic E-state index is -0.310. The van der Waals surface area contributed by atoms with Crippen LogP contribution >= 0.6 is 15.9 Å². The molecule has 1 fully saturated rings. The summed E-state index contributed by atoms with van der Waals surface area (Å²) in [4.78, 5) is 27.3. The molecular formula is C25H31BrN4O4. The second kappa shape index (κ2) is 13.8. The fourth-order valence-electron chi connectivity index (χ4n) is 3.77. The van der Waals surface area contributed by atoms with Gasteiger partial charge in [0.25, 0.3) is 11.8 Å². The summed E-state index contributed by atoms with van der Waals surface area (Å²) in [6.07, 6.45) is 3.83. The van der Waals surface area contributed by atoms with E-state index in [2.05, 4.69) is 36.7 Å². The Morgan fingerprint density at radius 1 is 1.18 bits per heavy atom. The van der Waals surface area contributed by atoms with Gasteiger partial charge in [0.2, 0.25) is 0 Å². The van der Waals surface area contributed by atoms with Gasteiger partial charge in [-0.25, -0.2) is 5.43 Å². The molecule has 8 nitrogen and oxygen atoms in total. The summed E-state index contributed by atoms with van der Waals surface area (Å²) in [5.74, 6) is 0.435. The predicted molar refractivity (Wildman–Crippen MR) is 135 cm³/mol. The molecule has 2 amide bonds. The third kappa shape index (κ3) is 7.93. The first kappa shape index (κ1) is 25.9. The Labute approximate surface area is 208 Å². The van der Waals surface area contributed by atoms with E-state index in [1.165, 1.54) is 0 Å². The molecule has 34 heavy (non-hydrogen) atoms. The van der Waals surface area contributed by atoms with Gasteiger partial charge in [-0.3, -0.25) is 14.5 Å². The minimum Gasteiger partial charge on any atom is -0.496 e. The van der Waals surface area contributed by atoms with E-state index >= 15 is 0 Å². The largest absolute Gasteiger partial charge is 0.496 e. The summed E-state index contributed by atoms with van der Waals surface area (Å²) in [7, 11) is 1.59. The van der Waals surface area contributed by atoms with Crippen LogP contribution in [-0.4, -0.2) is 68.9 Å². The number of carbonyl (C=O) groups excluding carboxylic acids is 2. The molecule has 0 bridgehead atoms. The highest BCUT2D eigenvalue weighted by Crippen LogP contribution is 2.21. The van der Waals surface area contributed by atoms with Crippen LogP contribution in [0.2, 0.25) is 0 Å². The highest BCUT2D eigenvalue weighted by molar-refractivity contribution is 9.10. The number of hydrogen-bond acceptors (Lipinski definition) is 6. The maximum atomic E-state index is 13.0. The fourth-order valence-corrected chi connectivity index (χ4v) is 4.15. The summed E-state index contributed by atoms with van der Waals surface area (Å²) < 4.78 is 11.7. The van der Waals surface area contributed by atoms with Crippen molar-refractivity contribution in [2.24, 2.45) is 5.10 Å². The standard InChI is InChI=1S/C25H31BrN4O4/c1-33-23-11-10-21(26)17-20(23)18-28-29-25(32)22(30-13-15-34-16-14-30)9-5-6-12-27-24(31)19-7-3-2-4-8-19/h2-4,7-8,10-11,17-18,22H,5-6,9,12-16H2,1H3,(H,27,31)(H,29,32)/b28-18+. The van der Waals surface area contributed by atoms with Gasteiger partial charge in [0.15, 0.2) is 0 Å². The average Bonchev–Trinajstić information content (AvgIpc) is 2.87. The Morgan fingerprint density at radius 3 is 2.68 bits per heavy atom. The van der Waals surface area contributed by atoms with E-state index in [0.29, 0.717) is 50.6 Å². The zero-order chi connectivity index (χ0) is 24.2. The van der Waals surface area contributed by atoms with Crippen LogP contribution in [0.1, 0.15) is 35.2 Å². The predicted octanol–water partition coefficient (Wildman–Crippen LogP) is 3.21. The first-order chi connectivity index (χ1) is 16.6. The number of unbranched alkanes of at least 4 members (excludes halogenated alkanes) is 1. The van der Waals surface area contributed by atoms with Gasteiger partial charge in [0.05, 0.1) is 32.6 Å². The van der Waals surface area contributed by atoms with Crippen LogP contribution in [0.15, 0.2) is 58.1 Å². The summed E-state index contributed by atoms with van der Waals surface area (Å²) in [5, 5.41) is 7.10. The number of amides is 2. The molecule has 2 aromatic rings. The molecule has 0 saturated carbocycles. The molecule has 9 heteroatoms. The van der Waals surface area contributed by atoms with E-state index in [4.69, 9.17) is 9.47 Å². The van der Waals surface area contributed by atoms with Crippen molar-refractivity contribution >= 4 is 34.0 Å². The maximum absolute atomic E-state index is 13.0. The van der Waals surface area contributed by atoms with Crippen molar-refractivity contribution in [1.82, 2.24) is 15.6 Å². The third-order valence-electron chi connectivity index (χ3n) is 5.59. The van der Waals surface area contributed by atoms with Gasteiger partial charge in [-0.15, -0.1) is 0 Å². The van der Waals surface area contributed by atoms with Crippen molar-refractivity contribution < 1.29 is 19.1 Å². The van der Waals surface area contributed by atoms with Crippen LogP contribution in [0.5, 0.6) is 5.75 Å². The second-order valence-corrected chi connectivity index (χ2v) is 8.82. The smallest absolute Gasteiger partial charge is 0.257 e. The number of rotatable bonds is 11. The lowest BCUT2D eigenvalue weighted by atomic mass is 10.1. The van der Waals surface area contributed by atoms with Crippen LogP contribution in [0.25, 0.3) is 0 Å². The Bertz CT molecular complexity index is 965. The van der Waals surface area contributed by atoms with E-state index in [-0.39, 0.29) is 17.9 Å². The Morgan fingerprint density at radius 2 is 1.94 bits per heavy atom. The first-order valence-corrected chi connectivity index (χ1v) is 12.2. The van der Waals surface area contributed by atoms with E-state index in [9.17, 15) is 9.59 Å². The lowest BCUT2D eigenvalue weighted by Crippen LogP contribution is -2.50. The average molecular weight is 531 g/mol. The molecule has 0 radical (unpaired) electrons. The fraction of sp³-hybridized carbons (Fsp3) is 0.400. The molecule has 0 spiro atoms. The number of benzene rings is 2. The van der Waals surface area contributed by atoms with Crippen molar-refractivity contribution in [2.75, 3.05) is 40.0 Å². The van der Waals surface area contributed by atoms with Crippen LogP contribution in [0, 0.1) is 0 Å². The lowest BCUT2D eigenvalue weighted by Gasteiger charge is -2.33. The van der Waals surface area contributed by atoms with Crippen molar-refractivity contribution in [3.05, 3.63) is 64.1 Å². The Balaban J connectivity index is 1.51. The number of nitrogens with zero attached hydrogens (tertiary/aromatic N) is 2. The van der Waals surface area contributed by atoms with Gasteiger partial charge in [0.1, 0.15) is 5.75 Å². The van der Waals surface area contributed by atoms with Crippen molar-refractivity contribution in [1.29, 1.82) is 0 Å². The lowest BCUT2D eigenvalue weighted by molar-refractivity contribution is -0.128. The van der Waals surface area contributed by atoms with Gasteiger partial charge < -0.3 is 14.8 Å². The van der Waals surface area contributed by atoms with Crippen LogP contribution in [0.4, 0.5) is 0 Å². The number of hydrogen-bond donors (Lipinski definition) is 2. The Hall–Kier alpha value is -2.75. The summed E-state index contributed by atoms with van der Waals surface area (Å²) in [6.45, 7) is 3.18. The minimum absolute atomic E-state index is 0.0830. The molecular weight excluding hydrogens is 500 g/mol. The zero-order valence-corrected chi connectivity index (χ0v) is 20.9. The first-order valence-electron chi connectivity index (χ1n) is 11.4. The van der Waals surface area contributed by atoms with Crippen molar-refractivity contribution in [3.63, 3.8) is 0 Å². The molecule has 0 aromatic heterocycles. The molecule has 182 valence electrons. The number of carbonyl (C=O) groups is 2. The molecule has 2 aromatic carbocycles. The summed E-state index contributed by atoms with van der Waals surface area (Å²) in [5.41, 5.74) is 4.09. The third-order valence-corrected chi connectivity index (χ3v) is 6.08. The number of nitrogens with one attached hydrogen (secondary N) is 2. The van der Waals surface area contributed by atoms with Crippen LogP contribution < -0.4 is 15.5 Å². The summed E-state index contributed by atoms with van der Waals surface area (Å²) >= 11 is 3.44. The van der Waals surface area contributed by atoms with E-state index in [1.807, 2.05) is 36.4 Å². The van der Waals surface area contributed by atoms with Crippen molar-refractivity contribution in [3.8, 4) is 5.75 Å². The van der Waals surface area contributed by atoms with Gasteiger partial charge in [-0.05, 0) is 49.6 Å². The number of morpholine rings is 1. The normalized spacial score (nSPS) is 15.1. The molecule has 2 N–H and O–H groups in total. The van der Waals surface area contributed by atoms with E-state index < -0.39 is 0 Å². The highest BCUT2D eigenvalue weighted by Gasteiger charge is 2.27. The van der Waals surface area contributed by atoms with E-state index in [0.717, 1.165) is 22.9 Å². The van der Waals surface area contributed by atoms with Crippen LogP contribution in [-0.2, 0) is 9.53 Å². The van der Waals surface area contributed by atoms with Gasteiger partial charge >= 0.3 is 0 Å². The number of hydrazone groups is 1. The zero-order valence-electron chi connectivity index (χ0n) is 19.3. The SMILES string of the molecule is COc1ccc(Br)cc1/C=N/NC(=O)C(CCCCNC(=O)c1ccccc1)N1CCOCC1. The number of halogens is 1. The van der Waals surface area contributed by atoms with E-state index in [1.54, 1.807) is 25.5 Å². The van der Waals surface area contributed by atoms with Gasteiger partial charge in [-0.2, -0.15) is 5.10 Å². The second-order valence-electron chi connectivity index (χ2n) is 7.90. The highest BCUT2D eigenvalue weighted by atomic mass is 79.9. The monoisotopic (exact) mass is 530 g/mol. The molecule has 1 heterocycles. The van der Waals surface area contributed by atoms with Gasteiger partial charge in [0, 0.05) is 35.2 Å². The number of methoxy groups -OCH3 is 1. The molecule has 1 aliphatic heterocycles. The molecule has 1 saturated heterocycles. The maximum Gasteiger partial charge on any atom is 0.257 e. The Kier molecular flexibility index (Phi) is 10.5. The van der Waals surface area contributed by atoms with Crippen molar-refractivity contribution in [2.45, 2.75) is 25.3 Å². The number of ether oxygens (including phenoxy) is 2. The quantitative estimate of drug-likeness (QED) is 0.264. The molecule has 0 aliphatic carbocycles. The molecule has 1 atom stereocenters. The van der Waals surface area contributed by atoms with Crippen LogP contribution in [0.3, 0.4) is 0 Å².